The minimum absolute atomic E-state index is 0.174. The number of nitrogens with zero attached hydrogens (tertiary/aromatic N) is 4. The zero-order valence-corrected chi connectivity index (χ0v) is 16.0. The average Bonchev–Trinajstić information content (AvgIpc) is 3.08. The Kier molecular flexibility index (Phi) is 5.90. The van der Waals surface area contributed by atoms with E-state index in [2.05, 4.69) is 15.5 Å². The zero-order chi connectivity index (χ0) is 20.1. The Morgan fingerprint density at radius 2 is 2.04 bits per heavy atom. The van der Waals surface area contributed by atoms with Crippen molar-refractivity contribution in [3.8, 4) is 5.75 Å². The maximum absolute atomic E-state index is 12.5. The third kappa shape index (κ3) is 4.46. The average molecular weight is 399 g/mol. The van der Waals surface area contributed by atoms with E-state index in [1.807, 2.05) is 6.92 Å². The van der Waals surface area contributed by atoms with Gasteiger partial charge in [-0.1, -0.05) is 0 Å². The van der Waals surface area contributed by atoms with Crippen LogP contribution in [0.4, 0.5) is 11.4 Å². The first-order valence-corrected chi connectivity index (χ1v) is 9.14. The van der Waals surface area contributed by atoms with Gasteiger partial charge in [-0.25, -0.2) is 0 Å². The number of carbonyl (C=O) groups is 1. The molecule has 0 bridgehead atoms. The predicted octanol–water partition coefficient (Wildman–Crippen LogP) is 3.53. The molecule has 0 fully saturated rings. The fourth-order valence-electron chi connectivity index (χ4n) is 2.36. The number of anilines is 1. The van der Waals surface area contributed by atoms with E-state index in [1.54, 1.807) is 35.9 Å². The minimum atomic E-state index is -0.521. The summed E-state index contributed by atoms with van der Waals surface area (Å²) in [6.45, 7) is 2.43. The highest BCUT2D eigenvalue weighted by atomic mass is 32.2. The summed E-state index contributed by atoms with van der Waals surface area (Å²) in [5, 5.41) is 22.4. The third-order valence-corrected chi connectivity index (χ3v) is 4.83. The van der Waals surface area contributed by atoms with Crippen LogP contribution in [0.3, 0.4) is 0 Å². The molecule has 1 heterocycles. The van der Waals surface area contributed by atoms with Crippen molar-refractivity contribution in [3.05, 3.63) is 64.5 Å². The van der Waals surface area contributed by atoms with Crippen molar-refractivity contribution in [2.45, 2.75) is 17.0 Å². The molecule has 28 heavy (non-hydrogen) atoms. The van der Waals surface area contributed by atoms with E-state index >= 15 is 0 Å². The van der Waals surface area contributed by atoms with Crippen molar-refractivity contribution in [3.63, 3.8) is 0 Å². The summed E-state index contributed by atoms with van der Waals surface area (Å²) in [6.07, 6.45) is 1.51. The SMILES string of the molecule is CCOc1ccc(NC(=O)c2ccc(Sc3nncn3C)c([N+](=O)[O-])c2)cc1. The molecule has 0 radical (unpaired) electrons. The van der Waals surface area contributed by atoms with Crippen molar-refractivity contribution in [1.82, 2.24) is 14.8 Å². The molecule has 0 atom stereocenters. The maximum Gasteiger partial charge on any atom is 0.284 e. The van der Waals surface area contributed by atoms with Gasteiger partial charge in [0.25, 0.3) is 11.6 Å². The summed E-state index contributed by atoms with van der Waals surface area (Å²) in [5.74, 6) is 0.253. The van der Waals surface area contributed by atoms with Crippen LogP contribution in [0, 0.1) is 10.1 Å². The minimum Gasteiger partial charge on any atom is -0.494 e. The van der Waals surface area contributed by atoms with Gasteiger partial charge in [-0.3, -0.25) is 14.9 Å². The Labute approximate surface area is 164 Å². The molecular weight excluding hydrogens is 382 g/mol. The number of amides is 1. The molecule has 2 aromatic carbocycles. The molecule has 0 saturated carbocycles. The van der Waals surface area contributed by atoms with Crippen LogP contribution in [0.1, 0.15) is 17.3 Å². The van der Waals surface area contributed by atoms with Gasteiger partial charge in [0.1, 0.15) is 12.1 Å². The number of nitrogens with one attached hydrogen (secondary N) is 1. The van der Waals surface area contributed by atoms with Gasteiger partial charge in [0, 0.05) is 24.4 Å². The van der Waals surface area contributed by atoms with Crippen LogP contribution < -0.4 is 10.1 Å². The predicted molar refractivity (Wildman–Crippen MR) is 104 cm³/mol. The summed E-state index contributed by atoms with van der Waals surface area (Å²) < 4.78 is 7.01. The van der Waals surface area contributed by atoms with Crippen molar-refractivity contribution in [2.24, 2.45) is 7.05 Å². The Morgan fingerprint density at radius 3 is 2.64 bits per heavy atom. The van der Waals surface area contributed by atoms with E-state index in [9.17, 15) is 14.9 Å². The zero-order valence-electron chi connectivity index (χ0n) is 15.2. The lowest BCUT2D eigenvalue weighted by atomic mass is 10.2. The van der Waals surface area contributed by atoms with Gasteiger partial charge < -0.3 is 14.6 Å². The number of ether oxygens (including phenoxy) is 1. The Balaban J connectivity index is 1.79. The summed E-state index contributed by atoms with van der Waals surface area (Å²) in [5.41, 5.74) is 0.573. The molecule has 1 amide bonds. The standard InChI is InChI=1S/C18H17N5O4S/c1-3-27-14-7-5-13(6-8-14)20-17(24)12-4-9-16(15(10-12)23(25)26)28-18-21-19-11-22(18)2/h4-11H,3H2,1-2H3,(H,20,24). The quantitative estimate of drug-likeness (QED) is 0.478. The van der Waals surface area contributed by atoms with Crippen molar-refractivity contribution in [2.75, 3.05) is 11.9 Å². The number of aromatic nitrogens is 3. The van der Waals surface area contributed by atoms with E-state index < -0.39 is 10.8 Å². The van der Waals surface area contributed by atoms with E-state index in [-0.39, 0.29) is 11.3 Å². The Morgan fingerprint density at radius 1 is 1.29 bits per heavy atom. The topological polar surface area (TPSA) is 112 Å². The van der Waals surface area contributed by atoms with Crippen LogP contribution in [0.25, 0.3) is 0 Å². The Bertz CT molecular complexity index is 1000. The molecule has 1 aromatic heterocycles. The summed E-state index contributed by atoms with van der Waals surface area (Å²) in [7, 11) is 1.74. The Hall–Kier alpha value is -3.40. The molecule has 144 valence electrons. The van der Waals surface area contributed by atoms with Gasteiger partial charge in [0.15, 0.2) is 5.16 Å². The second-order valence-corrected chi connectivity index (χ2v) is 6.69. The van der Waals surface area contributed by atoms with Gasteiger partial charge in [0.05, 0.1) is 16.4 Å². The second-order valence-electron chi connectivity index (χ2n) is 5.68. The molecule has 0 aliphatic rings. The van der Waals surface area contributed by atoms with Crippen LogP contribution in [-0.4, -0.2) is 32.2 Å². The fraction of sp³-hybridized carbons (Fsp3) is 0.167. The molecule has 0 aliphatic carbocycles. The van der Waals surface area contributed by atoms with Crippen LogP contribution in [0.15, 0.2) is 58.8 Å². The van der Waals surface area contributed by atoms with E-state index in [4.69, 9.17) is 4.74 Å². The third-order valence-electron chi connectivity index (χ3n) is 3.71. The van der Waals surface area contributed by atoms with Crippen molar-refractivity contribution in [1.29, 1.82) is 0 Å². The molecule has 0 unspecified atom stereocenters. The van der Waals surface area contributed by atoms with Crippen LogP contribution in [0.2, 0.25) is 0 Å². The number of nitro groups is 1. The van der Waals surface area contributed by atoms with Gasteiger partial charge in [-0.2, -0.15) is 0 Å². The molecule has 9 nitrogen and oxygen atoms in total. The first-order valence-electron chi connectivity index (χ1n) is 8.32. The highest BCUT2D eigenvalue weighted by Crippen LogP contribution is 2.34. The molecular formula is C18H17N5O4S. The van der Waals surface area contributed by atoms with Gasteiger partial charge in [0.2, 0.25) is 0 Å². The largest absolute Gasteiger partial charge is 0.494 e. The van der Waals surface area contributed by atoms with Crippen LogP contribution in [-0.2, 0) is 7.05 Å². The lowest BCUT2D eigenvalue weighted by Gasteiger charge is -2.08. The molecule has 10 heteroatoms. The molecule has 0 aliphatic heterocycles. The monoisotopic (exact) mass is 399 g/mol. The number of hydrogen-bond acceptors (Lipinski definition) is 7. The summed E-state index contributed by atoms with van der Waals surface area (Å²) >= 11 is 1.11. The van der Waals surface area contributed by atoms with Gasteiger partial charge in [-0.05, 0) is 55.1 Å². The number of nitro benzene ring substituents is 1. The summed E-state index contributed by atoms with van der Waals surface area (Å²) in [6, 6.07) is 11.2. The smallest absolute Gasteiger partial charge is 0.284 e. The molecule has 3 rings (SSSR count). The van der Waals surface area contributed by atoms with Gasteiger partial charge in [-0.15, -0.1) is 10.2 Å². The molecule has 0 spiro atoms. The molecule has 3 aromatic rings. The fourth-order valence-corrected chi connectivity index (χ4v) is 3.21. The van der Waals surface area contributed by atoms with E-state index in [1.165, 1.54) is 24.5 Å². The highest BCUT2D eigenvalue weighted by molar-refractivity contribution is 7.99. The van der Waals surface area contributed by atoms with Crippen LogP contribution >= 0.6 is 11.8 Å². The van der Waals surface area contributed by atoms with E-state index in [0.717, 1.165) is 11.8 Å². The molecule has 0 saturated heterocycles. The number of rotatable bonds is 7. The number of benzene rings is 2. The first kappa shape index (κ1) is 19.4. The lowest BCUT2D eigenvalue weighted by molar-refractivity contribution is -0.387. The normalized spacial score (nSPS) is 10.5. The maximum atomic E-state index is 12.5. The first-order chi connectivity index (χ1) is 13.5. The number of carbonyl (C=O) groups excluding carboxylic acids is 1. The van der Waals surface area contributed by atoms with Crippen LogP contribution in [0.5, 0.6) is 5.75 Å². The van der Waals surface area contributed by atoms with Crippen molar-refractivity contribution >= 4 is 29.0 Å². The van der Waals surface area contributed by atoms with Crippen molar-refractivity contribution < 1.29 is 14.5 Å². The molecule has 1 N–H and O–H groups in total. The number of hydrogen-bond donors (Lipinski definition) is 1. The highest BCUT2D eigenvalue weighted by Gasteiger charge is 2.20. The van der Waals surface area contributed by atoms with Gasteiger partial charge >= 0.3 is 0 Å². The lowest BCUT2D eigenvalue weighted by Crippen LogP contribution is -2.12. The second kappa shape index (κ2) is 8.53. The number of aryl methyl sites for hydroxylation is 1. The summed E-state index contributed by atoms with van der Waals surface area (Å²) in [4.78, 5) is 23.8. The van der Waals surface area contributed by atoms with E-state index in [0.29, 0.717) is 28.1 Å².